The van der Waals surface area contributed by atoms with Crippen molar-refractivity contribution in [1.29, 1.82) is 0 Å². The van der Waals surface area contributed by atoms with E-state index in [9.17, 15) is 4.79 Å². The van der Waals surface area contributed by atoms with Crippen LogP contribution in [0.25, 0.3) is 17.0 Å². The third kappa shape index (κ3) is 2.27. The predicted octanol–water partition coefficient (Wildman–Crippen LogP) is 2.18. The van der Waals surface area contributed by atoms with Gasteiger partial charge in [0.05, 0.1) is 17.8 Å². The van der Waals surface area contributed by atoms with E-state index in [1.54, 1.807) is 16.8 Å². The van der Waals surface area contributed by atoms with Gasteiger partial charge in [-0.1, -0.05) is 6.07 Å². The van der Waals surface area contributed by atoms with Crippen molar-refractivity contribution < 1.29 is 9.90 Å². The highest BCUT2D eigenvalue weighted by atomic mass is 79.9. The Labute approximate surface area is 122 Å². The van der Waals surface area contributed by atoms with Crippen LogP contribution in [0.3, 0.4) is 0 Å². The zero-order chi connectivity index (χ0) is 14.1. The quantitative estimate of drug-likeness (QED) is 0.795. The Bertz CT molecular complexity index is 786. The second-order valence-electron chi connectivity index (χ2n) is 4.12. The molecule has 0 aromatic carbocycles. The van der Waals surface area contributed by atoms with Crippen LogP contribution in [0.5, 0.6) is 0 Å². The number of imidazole rings is 1. The second-order valence-corrected chi connectivity index (χ2v) is 4.87. The van der Waals surface area contributed by atoms with E-state index in [-0.39, 0.29) is 6.42 Å². The Morgan fingerprint density at radius 3 is 2.80 bits per heavy atom. The van der Waals surface area contributed by atoms with Crippen LogP contribution in [-0.2, 0) is 11.2 Å². The van der Waals surface area contributed by atoms with Gasteiger partial charge in [-0.3, -0.25) is 9.78 Å². The van der Waals surface area contributed by atoms with E-state index in [1.807, 2.05) is 24.3 Å². The number of aromatic nitrogens is 4. The molecule has 0 saturated carbocycles. The largest absolute Gasteiger partial charge is 0.481 e. The number of pyridine rings is 1. The summed E-state index contributed by atoms with van der Waals surface area (Å²) in [5.41, 5.74) is 2.48. The fraction of sp³-hybridized carbons (Fsp3) is 0.0769. The van der Waals surface area contributed by atoms with Crippen LogP contribution in [0, 0.1) is 0 Å². The number of aliphatic carboxylic acids is 1. The molecule has 100 valence electrons. The van der Waals surface area contributed by atoms with Gasteiger partial charge in [-0.25, -0.2) is 9.50 Å². The maximum Gasteiger partial charge on any atom is 0.309 e. The summed E-state index contributed by atoms with van der Waals surface area (Å²) in [5, 5.41) is 13.3. The monoisotopic (exact) mass is 332 g/mol. The SMILES string of the molecule is O=C(O)Cc1nc2ccc(-c3ccccn3)nn2c1Br. The van der Waals surface area contributed by atoms with E-state index >= 15 is 0 Å². The van der Waals surface area contributed by atoms with Crippen molar-refractivity contribution in [3.63, 3.8) is 0 Å². The van der Waals surface area contributed by atoms with E-state index in [2.05, 4.69) is 31.0 Å². The van der Waals surface area contributed by atoms with E-state index in [1.165, 1.54) is 0 Å². The summed E-state index contributed by atoms with van der Waals surface area (Å²) in [4.78, 5) is 19.3. The Balaban J connectivity index is 2.11. The molecule has 0 saturated heterocycles. The van der Waals surface area contributed by atoms with Gasteiger partial charge >= 0.3 is 5.97 Å². The molecule has 0 radical (unpaired) electrons. The van der Waals surface area contributed by atoms with Crippen molar-refractivity contribution in [3.8, 4) is 11.4 Å². The zero-order valence-electron chi connectivity index (χ0n) is 10.2. The van der Waals surface area contributed by atoms with Gasteiger partial charge in [0, 0.05) is 6.20 Å². The first-order chi connectivity index (χ1) is 9.65. The molecule has 6 nitrogen and oxygen atoms in total. The van der Waals surface area contributed by atoms with Gasteiger partial charge < -0.3 is 5.11 Å². The maximum atomic E-state index is 10.8. The zero-order valence-corrected chi connectivity index (χ0v) is 11.8. The lowest BCUT2D eigenvalue weighted by molar-refractivity contribution is -0.136. The van der Waals surface area contributed by atoms with Crippen LogP contribution in [0.15, 0.2) is 41.1 Å². The van der Waals surface area contributed by atoms with Gasteiger partial charge in [0.15, 0.2) is 5.65 Å². The summed E-state index contributed by atoms with van der Waals surface area (Å²) < 4.78 is 2.12. The first kappa shape index (κ1) is 12.7. The molecule has 0 atom stereocenters. The van der Waals surface area contributed by atoms with Crippen LogP contribution in [0.4, 0.5) is 0 Å². The molecular formula is C13H9BrN4O2. The van der Waals surface area contributed by atoms with Gasteiger partial charge in [-0.05, 0) is 40.2 Å². The first-order valence-corrected chi connectivity index (χ1v) is 6.62. The molecule has 0 aliphatic carbocycles. The Kier molecular flexibility index (Phi) is 3.19. The minimum atomic E-state index is -0.931. The minimum absolute atomic E-state index is 0.150. The Morgan fingerprint density at radius 2 is 2.10 bits per heavy atom. The van der Waals surface area contributed by atoms with Gasteiger partial charge in [0.25, 0.3) is 0 Å². The van der Waals surface area contributed by atoms with E-state index in [0.29, 0.717) is 21.6 Å². The Morgan fingerprint density at radius 1 is 1.25 bits per heavy atom. The lowest BCUT2D eigenvalue weighted by Crippen LogP contribution is -2.01. The average Bonchev–Trinajstić information content (AvgIpc) is 2.75. The molecule has 0 spiro atoms. The number of carboxylic acid groups (broad SMARTS) is 1. The summed E-state index contributed by atoms with van der Waals surface area (Å²) >= 11 is 3.34. The molecular weight excluding hydrogens is 324 g/mol. The van der Waals surface area contributed by atoms with E-state index in [0.717, 1.165) is 5.69 Å². The van der Waals surface area contributed by atoms with E-state index < -0.39 is 5.97 Å². The standard InChI is InChI=1S/C13H9BrN4O2/c14-13-10(7-12(19)20)16-11-5-4-9(17-18(11)13)8-3-1-2-6-15-8/h1-6H,7H2,(H,19,20). The Hall–Kier alpha value is -2.28. The number of rotatable bonds is 3. The third-order valence-corrected chi connectivity index (χ3v) is 3.53. The van der Waals surface area contributed by atoms with Gasteiger partial charge in [-0.15, -0.1) is 0 Å². The van der Waals surface area contributed by atoms with Crippen LogP contribution in [0.2, 0.25) is 0 Å². The fourth-order valence-electron chi connectivity index (χ4n) is 1.86. The molecule has 0 bridgehead atoms. The van der Waals surface area contributed by atoms with Crippen LogP contribution >= 0.6 is 15.9 Å². The molecule has 3 rings (SSSR count). The number of carbonyl (C=O) groups is 1. The number of nitrogens with zero attached hydrogens (tertiary/aromatic N) is 4. The van der Waals surface area contributed by atoms with Crippen molar-refractivity contribution in [2.24, 2.45) is 0 Å². The predicted molar refractivity (Wildman–Crippen MR) is 75.3 cm³/mol. The lowest BCUT2D eigenvalue weighted by atomic mass is 10.2. The molecule has 20 heavy (non-hydrogen) atoms. The second kappa shape index (κ2) is 5.01. The number of halogens is 1. The van der Waals surface area contributed by atoms with Crippen molar-refractivity contribution in [1.82, 2.24) is 19.6 Å². The smallest absolute Gasteiger partial charge is 0.309 e. The van der Waals surface area contributed by atoms with Gasteiger partial charge in [0.2, 0.25) is 0 Å². The summed E-state index contributed by atoms with van der Waals surface area (Å²) in [6.07, 6.45) is 1.54. The van der Waals surface area contributed by atoms with Crippen LogP contribution in [0.1, 0.15) is 5.69 Å². The maximum absolute atomic E-state index is 10.8. The first-order valence-electron chi connectivity index (χ1n) is 5.82. The molecule has 0 fully saturated rings. The van der Waals surface area contributed by atoms with Crippen molar-refractivity contribution in [2.45, 2.75) is 6.42 Å². The number of carboxylic acids is 1. The van der Waals surface area contributed by atoms with Crippen molar-refractivity contribution in [3.05, 3.63) is 46.8 Å². The highest BCUT2D eigenvalue weighted by Crippen LogP contribution is 2.21. The van der Waals surface area contributed by atoms with Crippen molar-refractivity contribution in [2.75, 3.05) is 0 Å². The molecule has 1 N–H and O–H groups in total. The highest BCUT2D eigenvalue weighted by molar-refractivity contribution is 9.10. The number of hydrogen-bond donors (Lipinski definition) is 1. The van der Waals surface area contributed by atoms with E-state index in [4.69, 9.17) is 5.11 Å². The molecule has 3 aromatic heterocycles. The molecule has 0 unspecified atom stereocenters. The lowest BCUT2D eigenvalue weighted by Gasteiger charge is -2.00. The topological polar surface area (TPSA) is 80.4 Å². The minimum Gasteiger partial charge on any atom is -0.481 e. The molecule has 7 heteroatoms. The molecule has 3 aromatic rings. The molecule has 0 aliphatic heterocycles. The third-order valence-electron chi connectivity index (χ3n) is 2.73. The summed E-state index contributed by atoms with van der Waals surface area (Å²) in [6, 6.07) is 9.17. The number of hydrogen-bond acceptors (Lipinski definition) is 4. The summed E-state index contributed by atoms with van der Waals surface area (Å²) in [6.45, 7) is 0. The normalized spacial score (nSPS) is 10.8. The average molecular weight is 333 g/mol. The van der Waals surface area contributed by atoms with Crippen LogP contribution < -0.4 is 0 Å². The fourth-order valence-corrected chi connectivity index (χ4v) is 2.35. The van der Waals surface area contributed by atoms with Crippen LogP contribution in [-0.4, -0.2) is 30.7 Å². The summed E-state index contributed by atoms with van der Waals surface area (Å²) in [7, 11) is 0. The highest BCUT2D eigenvalue weighted by Gasteiger charge is 2.14. The molecule has 0 amide bonds. The van der Waals surface area contributed by atoms with Gasteiger partial charge in [0.1, 0.15) is 10.3 Å². The summed E-state index contributed by atoms with van der Waals surface area (Å²) in [5.74, 6) is -0.931. The van der Waals surface area contributed by atoms with Crippen molar-refractivity contribution >= 4 is 27.5 Å². The van der Waals surface area contributed by atoms with Gasteiger partial charge in [-0.2, -0.15) is 5.10 Å². The molecule has 0 aliphatic rings. The number of fused-ring (bicyclic) bond motifs is 1. The molecule has 3 heterocycles.